The third-order valence-corrected chi connectivity index (χ3v) is 7.69. The molecule has 2 atom stereocenters. The molecule has 0 heterocycles. The Morgan fingerprint density at radius 1 is 1.12 bits per heavy atom. The average molecular weight is 573 g/mol. The van der Waals surface area contributed by atoms with E-state index in [0.29, 0.717) is 16.3 Å². The number of benzene rings is 2. The summed E-state index contributed by atoms with van der Waals surface area (Å²) in [6, 6.07) is 11.4. The quantitative estimate of drug-likeness (QED) is 0.454. The van der Waals surface area contributed by atoms with Crippen molar-refractivity contribution in [2.75, 3.05) is 17.1 Å². The van der Waals surface area contributed by atoms with Gasteiger partial charge in [-0.25, -0.2) is 8.42 Å². The molecule has 0 radical (unpaired) electrons. The molecule has 0 fully saturated rings. The van der Waals surface area contributed by atoms with Gasteiger partial charge in [0.05, 0.1) is 11.9 Å². The molecule has 0 saturated heterocycles. The van der Waals surface area contributed by atoms with Crippen LogP contribution < -0.4 is 9.62 Å². The third kappa shape index (κ3) is 7.45. The number of halogens is 2. The van der Waals surface area contributed by atoms with Crippen molar-refractivity contribution >= 4 is 55.1 Å². The summed E-state index contributed by atoms with van der Waals surface area (Å²) in [4.78, 5) is 27.8. The molecule has 0 bridgehead atoms. The first-order chi connectivity index (χ1) is 15.8. The van der Waals surface area contributed by atoms with Gasteiger partial charge < -0.3 is 10.2 Å². The van der Waals surface area contributed by atoms with Gasteiger partial charge in [0, 0.05) is 22.1 Å². The second-order valence-corrected chi connectivity index (χ2v) is 11.5. The van der Waals surface area contributed by atoms with Crippen LogP contribution >= 0.6 is 27.5 Å². The molecule has 0 aliphatic rings. The molecule has 2 aromatic rings. The van der Waals surface area contributed by atoms with E-state index in [1.165, 1.54) is 4.90 Å². The number of anilines is 1. The van der Waals surface area contributed by atoms with Crippen LogP contribution in [0.2, 0.25) is 5.02 Å². The van der Waals surface area contributed by atoms with Gasteiger partial charge in [0.2, 0.25) is 21.8 Å². The number of amides is 2. The molecule has 186 valence electrons. The average Bonchev–Trinajstić information content (AvgIpc) is 2.77. The van der Waals surface area contributed by atoms with Crippen LogP contribution in [-0.2, 0) is 26.2 Å². The van der Waals surface area contributed by atoms with E-state index in [0.717, 1.165) is 27.0 Å². The zero-order valence-electron chi connectivity index (χ0n) is 20.0. The fourth-order valence-electron chi connectivity index (χ4n) is 3.30. The molecule has 1 N–H and O–H groups in total. The fraction of sp³-hybridized carbons (Fsp3) is 0.417. The molecule has 2 rings (SSSR count). The summed E-state index contributed by atoms with van der Waals surface area (Å²) in [6.45, 7) is 6.87. The zero-order valence-corrected chi connectivity index (χ0v) is 23.2. The maximum absolute atomic E-state index is 13.5. The predicted octanol–water partition coefficient (Wildman–Crippen LogP) is 4.51. The number of hydrogen-bond acceptors (Lipinski definition) is 4. The van der Waals surface area contributed by atoms with Crippen molar-refractivity contribution in [2.45, 2.75) is 52.7 Å². The third-order valence-electron chi connectivity index (χ3n) is 5.62. The van der Waals surface area contributed by atoms with Gasteiger partial charge in [-0.05, 0) is 62.6 Å². The molecule has 0 aliphatic heterocycles. The van der Waals surface area contributed by atoms with E-state index >= 15 is 0 Å². The highest BCUT2D eigenvalue weighted by Gasteiger charge is 2.31. The van der Waals surface area contributed by atoms with Crippen LogP contribution in [0.1, 0.15) is 38.3 Å². The number of carbonyl (C=O) groups is 2. The van der Waals surface area contributed by atoms with Crippen LogP contribution in [0.5, 0.6) is 0 Å². The maximum Gasteiger partial charge on any atom is 0.244 e. The van der Waals surface area contributed by atoms with E-state index in [-0.39, 0.29) is 18.5 Å². The second-order valence-electron chi connectivity index (χ2n) is 8.30. The fourth-order valence-corrected chi connectivity index (χ4v) is 4.63. The first-order valence-electron chi connectivity index (χ1n) is 10.9. The van der Waals surface area contributed by atoms with E-state index < -0.39 is 28.5 Å². The lowest BCUT2D eigenvalue weighted by atomic mass is 10.1. The first-order valence-corrected chi connectivity index (χ1v) is 13.9. The molecule has 0 unspecified atom stereocenters. The SMILES string of the molecule is CC[C@H](C)NC(=O)[C@@H](C)N(Cc1ccc(Br)cc1)C(=O)CN(c1cccc(Cl)c1C)S(C)(=O)=O. The van der Waals surface area contributed by atoms with Gasteiger partial charge in [0.25, 0.3) is 0 Å². The second kappa shape index (κ2) is 12.0. The molecule has 0 aromatic heterocycles. The van der Waals surface area contributed by atoms with Gasteiger partial charge in [0.1, 0.15) is 12.6 Å². The monoisotopic (exact) mass is 571 g/mol. The summed E-state index contributed by atoms with van der Waals surface area (Å²) in [7, 11) is -3.81. The summed E-state index contributed by atoms with van der Waals surface area (Å²) >= 11 is 9.60. The Morgan fingerprint density at radius 2 is 1.74 bits per heavy atom. The Bertz CT molecular complexity index is 1130. The number of nitrogens with zero attached hydrogens (tertiary/aromatic N) is 2. The van der Waals surface area contributed by atoms with Gasteiger partial charge in [-0.3, -0.25) is 13.9 Å². The molecule has 2 aromatic carbocycles. The minimum absolute atomic E-state index is 0.0544. The predicted molar refractivity (Wildman–Crippen MR) is 140 cm³/mol. The van der Waals surface area contributed by atoms with E-state index in [1.54, 1.807) is 32.0 Å². The number of carbonyl (C=O) groups excluding carboxylic acids is 2. The zero-order chi connectivity index (χ0) is 25.6. The van der Waals surface area contributed by atoms with Gasteiger partial charge in [0.15, 0.2) is 0 Å². The summed E-state index contributed by atoms with van der Waals surface area (Å²) in [6.07, 6.45) is 1.79. The van der Waals surface area contributed by atoms with Crippen molar-refractivity contribution < 1.29 is 18.0 Å². The van der Waals surface area contributed by atoms with Crippen LogP contribution in [0.25, 0.3) is 0 Å². The Kier molecular flexibility index (Phi) is 9.96. The van der Waals surface area contributed by atoms with Crippen LogP contribution in [0.4, 0.5) is 5.69 Å². The Balaban J connectivity index is 2.42. The largest absolute Gasteiger partial charge is 0.352 e. The molecule has 7 nitrogen and oxygen atoms in total. The van der Waals surface area contributed by atoms with E-state index in [9.17, 15) is 18.0 Å². The van der Waals surface area contributed by atoms with Crippen molar-refractivity contribution in [1.29, 1.82) is 0 Å². The molecule has 0 aliphatic carbocycles. The lowest BCUT2D eigenvalue weighted by molar-refractivity contribution is -0.139. The highest BCUT2D eigenvalue weighted by atomic mass is 79.9. The van der Waals surface area contributed by atoms with Gasteiger partial charge in [-0.15, -0.1) is 0 Å². The van der Waals surface area contributed by atoms with Gasteiger partial charge in [-0.1, -0.05) is 52.7 Å². The van der Waals surface area contributed by atoms with Crippen molar-refractivity contribution in [3.05, 3.63) is 63.1 Å². The maximum atomic E-state index is 13.5. The molecule has 2 amide bonds. The number of nitrogens with one attached hydrogen (secondary N) is 1. The number of sulfonamides is 1. The molecular weight excluding hydrogens is 542 g/mol. The van der Waals surface area contributed by atoms with E-state index in [2.05, 4.69) is 21.2 Å². The summed E-state index contributed by atoms with van der Waals surface area (Å²) in [5.74, 6) is -0.802. The number of hydrogen-bond donors (Lipinski definition) is 1. The van der Waals surface area contributed by atoms with E-state index in [1.807, 2.05) is 38.1 Å². The molecule has 34 heavy (non-hydrogen) atoms. The van der Waals surface area contributed by atoms with Crippen LogP contribution in [0.3, 0.4) is 0 Å². The molecule has 10 heteroatoms. The summed E-state index contributed by atoms with van der Waals surface area (Å²) in [5.41, 5.74) is 1.68. The first kappa shape index (κ1) is 28.1. The Labute approximate surface area is 215 Å². The van der Waals surface area contributed by atoms with Crippen molar-refractivity contribution in [3.63, 3.8) is 0 Å². The Morgan fingerprint density at radius 3 is 2.29 bits per heavy atom. The van der Waals surface area contributed by atoms with Crippen LogP contribution in [0, 0.1) is 6.92 Å². The highest BCUT2D eigenvalue weighted by Crippen LogP contribution is 2.28. The topological polar surface area (TPSA) is 86.8 Å². The standard InChI is InChI=1S/C24H31BrClN3O4S/c1-6-16(2)27-24(31)18(4)28(14-19-10-12-20(25)13-11-19)23(30)15-29(34(5,32)33)22-9-7-8-21(26)17(22)3/h7-13,16,18H,6,14-15H2,1-5H3,(H,27,31)/t16-,18+/m0/s1. The minimum Gasteiger partial charge on any atom is -0.352 e. The van der Waals surface area contributed by atoms with Crippen molar-refractivity contribution in [2.24, 2.45) is 0 Å². The molecule has 0 spiro atoms. The van der Waals surface area contributed by atoms with E-state index in [4.69, 9.17) is 11.6 Å². The normalized spacial score (nSPS) is 13.1. The van der Waals surface area contributed by atoms with Crippen LogP contribution in [0.15, 0.2) is 46.9 Å². The summed E-state index contributed by atoms with van der Waals surface area (Å²) < 4.78 is 27.2. The van der Waals surface area contributed by atoms with Crippen molar-refractivity contribution in [3.8, 4) is 0 Å². The number of rotatable bonds is 10. The Hall–Kier alpha value is -2.10. The highest BCUT2D eigenvalue weighted by molar-refractivity contribution is 9.10. The van der Waals surface area contributed by atoms with Gasteiger partial charge in [-0.2, -0.15) is 0 Å². The van der Waals surface area contributed by atoms with Crippen molar-refractivity contribution in [1.82, 2.24) is 10.2 Å². The molecule has 0 saturated carbocycles. The lowest BCUT2D eigenvalue weighted by Crippen LogP contribution is -2.52. The lowest BCUT2D eigenvalue weighted by Gasteiger charge is -2.32. The minimum atomic E-state index is -3.81. The van der Waals surface area contributed by atoms with Crippen LogP contribution in [-0.4, -0.2) is 50.0 Å². The smallest absolute Gasteiger partial charge is 0.244 e. The molecular formula is C24H31BrClN3O4S. The van der Waals surface area contributed by atoms with Gasteiger partial charge >= 0.3 is 0 Å². The summed E-state index contributed by atoms with van der Waals surface area (Å²) in [5, 5.41) is 3.30.